The molecule has 1 aliphatic carbocycles. The zero-order valence-corrected chi connectivity index (χ0v) is 10.1. The molecule has 0 bridgehead atoms. The Morgan fingerprint density at radius 1 is 1.43 bits per heavy atom. The summed E-state index contributed by atoms with van der Waals surface area (Å²) >= 11 is 1.96. The Labute approximate surface area is 91.9 Å². The van der Waals surface area contributed by atoms with E-state index in [9.17, 15) is 0 Å². The van der Waals surface area contributed by atoms with Gasteiger partial charge in [0.2, 0.25) is 0 Å². The Balaban J connectivity index is 2.37. The van der Waals surface area contributed by atoms with Crippen LogP contribution in [-0.2, 0) is 0 Å². The summed E-state index contributed by atoms with van der Waals surface area (Å²) in [6, 6.07) is 0.674. The molecule has 0 aliphatic heterocycles. The Bertz CT molecular complexity index is 152. The Hall–Kier alpha value is 0.270. The average Bonchev–Trinajstić information content (AvgIpc) is 2.21. The first-order valence-electron chi connectivity index (χ1n) is 5.77. The molecule has 2 nitrogen and oxygen atoms in total. The van der Waals surface area contributed by atoms with Gasteiger partial charge < -0.3 is 10.4 Å². The van der Waals surface area contributed by atoms with Gasteiger partial charge in [-0.25, -0.2) is 0 Å². The molecule has 0 amide bonds. The number of hydrogen-bond donors (Lipinski definition) is 2. The highest BCUT2D eigenvalue weighted by Crippen LogP contribution is 2.31. The van der Waals surface area contributed by atoms with Crippen LogP contribution in [0.3, 0.4) is 0 Å². The molecule has 0 heterocycles. The van der Waals surface area contributed by atoms with Crippen LogP contribution in [0.5, 0.6) is 0 Å². The smallest absolute Gasteiger partial charge is 0.0547 e. The summed E-state index contributed by atoms with van der Waals surface area (Å²) in [5, 5.41) is 13.7. The molecule has 1 saturated carbocycles. The molecule has 1 aliphatic rings. The van der Waals surface area contributed by atoms with Crippen molar-refractivity contribution in [2.45, 2.75) is 56.1 Å². The topological polar surface area (TPSA) is 32.3 Å². The van der Waals surface area contributed by atoms with Crippen LogP contribution in [0.4, 0.5) is 0 Å². The fourth-order valence-corrected chi connectivity index (χ4v) is 3.50. The Morgan fingerprint density at radius 2 is 2.14 bits per heavy atom. The summed E-state index contributed by atoms with van der Waals surface area (Å²) in [4.78, 5) is 0. The first kappa shape index (κ1) is 12.3. The Morgan fingerprint density at radius 3 is 2.79 bits per heavy atom. The van der Waals surface area contributed by atoms with E-state index in [0.29, 0.717) is 23.1 Å². The van der Waals surface area contributed by atoms with Crippen molar-refractivity contribution >= 4 is 11.8 Å². The van der Waals surface area contributed by atoms with Crippen molar-refractivity contribution < 1.29 is 5.11 Å². The van der Waals surface area contributed by atoms with E-state index in [-0.39, 0.29) is 0 Å². The zero-order chi connectivity index (χ0) is 10.4. The number of hydrogen-bond acceptors (Lipinski definition) is 3. The van der Waals surface area contributed by atoms with Crippen LogP contribution in [0.25, 0.3) is 0 Å². The fourth-order valence-electron chi connectivity index (χ4n) is 2.10. The summed E-state index contributed by atoms with van der Waals surface area (Å²) in [5.41, 5.74) is 0. The summed E-state index contributed by atoms with van der Waals surface area (Å²) in [6.45, 7) is 5.66. The van der Waals surface area contributed by atoms with Gasteiger partial charge in [-0.15, -0.1) is 0 Å². The third kappa shape index (κ3) is 3.79. The van der Waals surface area contributed by atoms with Gasteiger partial charge in [-0.1, -0.05) is 26.7 Å². The molecule has 0 aromatic rings. The molecule has 3 heteroatoms. The highest BCUT2D eigenvalue weighted by atomic mass is 32.2. The summed E-state index contributed by atoms with van der Waals surface area (Å²) in [5.74, 6) is 0. The normalized spacial score (nSPS) is 30.2. The minimum atomic E-state index is 0.306. The lowest BCUT2D eigenvalue weighted by molar-refractivity contribution is 0.298. The zero-order valence-electron chi connectivity index (χ0n) is 9.33. The lowest BCUT2D eigenvalue weighted by atomic mass is 9.95. The fraction of sp³-hybridized carbons (Fsp3) is 1.00. The standard InChI is InChI=1S/C11H23NOS/c1-3-12-10-6-4-5-7-11(10)14-9(2)8-13/h9-13H,3-8H2,1-2H3. The quantitative estimate of drug-likeness (QED) is 0.739. The van der Waals surface area contributed by atoms with Crippen molar-refractivity contribution in [3.63, 3.8) is 0 Å². The van der Waals surface area contributed by atoms with E-state index in [4.69, 9.17) is 5.11 Å². The van der Waals surface area contributed by atoms with Gasteiger partial charge in [0, 0.05) is 16.5 Å². The summed E-state index contributed by atoms with van der Waals surface area (Å²) in [7, 11) is 0. The minimum absolute atomic E-state index is 0.306. The SMILES string of the molecule is CCNC1CCCCC1SC(C)CO. The second-order valence-corrected chi connectivity index (χ2v) is 5.80. The van der Waals surface area contributed by atoms with Crippen LogP contribution in [-0.4, -0.2) is 34.8 Å². The molecule has 0 radical (unpaired) electrons. The molecular formula is C11H23NOS. The second kappa shape index (κ2) is 6.70. The van der Waals surface area contributed by atoms with Crippen LogP contribution in [0, 0.1) is 0 Å². The number of aliphatic hydroxyl groups excluding tert-OH is 1. The number of thioether (sulfide) groups is 1. The van der Waals surface area contributed by atoms with E-state index >= 15 is 0 Å². The first-order chi connectivity index (χ1) is 6.77. The molecule has 2 N–H and O–H groups in total. The largest absolute Gasteiger partial charge is 0.395 e. The monoisotopic (exact) mass is 217 g/mol. The maximum atomic E-state index is 9.04. The average molecular weight is 217 g/mol. The van der Waals surface area contributed by atoms with Crippen LogP contribution in [0.15, 0.2) is 0 Å². The summed E-state index contributed by atoms with van der Waals surface area (Å²) < 4.78 is 0. The maximum Gasteiger partial charge on any atom is 0.0547 e. The predicted octanol–water partition coefficient (Wildman–Crippen LogP) is 2.02. The molecule has 14 heavy (non-hydrogen) atoms. The molecular weight excluding hydrogens is 194 g/mol. The van der Waals surface area contributed by atoms with E-state index in [1.807, 2.05) is 11.8 Å². The number of aliphatic hydroxyl groups is 1. The highest BCUT2D eigenvalue weighted by Gasteiger charge is 2.25. The number of rotatable bonds is 5. The van der Waals surface area contributed by atoms with Gasteiger partial charge in [-0.05, 0) is 19.4 Å². The molecule has 0 aromatic heterocycles. The van der Waals surface area contributed by atoms with E-state index in [0.717, 1.165) is 6.54 Å². The van der Waals surface area contributed by atoms with Crippen molar-refractivity contribution in [3.8, 4) is 0 Å². The molecule has 3 atom stereocenters. The molecule has 0 aromatic carbocycles. The van der Waals surface area contributed by atoms with E-state index < -0.39 is 0 Å². The molecule has 84 valence electrons. The van der Waals surface area contributed by atoms with Crippen LogP contribution in [0.1, 0.15) is 39.5 Å². The van der Waals surface area contributed by atoms with Crippen molar-refractivity contribution in [3.05, 3.63) is 0 Å². The minimum Gasteiger partial charge on any atom is -0.395 e. The predicted molar refractivity (Wildman–Crippen MR) is 63.9 cm³/mol. The lowest BCUT2D eigenvalue weighted by Crippen LogP contribution is -2.41. The van der Waals surface area contributed by atoms with Crippen LogP contribution >= 0.6 is 11.8 Å². The molecule has 1 fully saturated rings. The van der Waals surface area contributed by atoms with Crippen LogP contribution in [0.2, 0.25) is 0 Å². The third-order valence-corrected chi connectivity index (χ3v) is 4.36. The van der Waals surface area contributed by atoms with Gasteiger partial charge in [0.15, 0.2) is 0 Å². The molecule has 0 saturated heterocycles. The number of nitrogens with one attached hydrogen (secondary N) is 1. The van der Waals surface area contributed by atoms with E-state index in [1.54, 1.807) is 0 Å². The first-order valence-corrected chi connectivity index (χ1v) is 6.72. The van der Waals surface area contributed by atoms with Gasteiger partial charge in [0.25, 0.3) is 0 Å². The molecule has 1 rings (SSSR count). The van der Waals surface area contributed by atoms with Crippen LogP contribution < -0.4 is 5.32 Å². The van der Waals surface area contributed by atoms with Crippen molar-refractivity contribution in [1.29, 1.82) is 0 Å². The molecule has 0 spiro atoms. The second-order valence-electron chi connectivity index (χ2n) is 4.12. The van der Waals surface area contributed by atoms with E-state index in [1.165, 1.54) is 25.7 Å². The summed E-state index contributed by atoms with van der Waals surface area (Å²) in [6.07, 6.45) is 5.34. The van der Waals surface area contributed by atoms with Gasteiger partial charge in [0.05, 0.1) is 6.61 Å². The Kier molecular flexibility index (Phi) is 5.90. The van der Waals surface area contributed by atoms with Crippen molar-refractivity contribution in [2.75, 3.05) is 13.2 Å². The van der Waals surface area contributed by atoms with Crippen molar-refractivity contribution in [2.24, 2.45) is 0 Å². The van der Waals surface area contributed by atoms with Gasteiger partial charge in [0.1, 0.15) is 0 Å². The third-order valence-electron chi connectivity index (χ3n) is 2.83. The molecule has 3 unspecified atom stereocenters. The van der Waals surface area contributed by atoms with Crippen molar-refractivity contribution in [1.82, 2.24) is 5.32 Å². The highest BCUT2D eigenvalue weighted by molar-refractivity contribution is 8.00. The van der Waals surface area contributed by atoms with Gasteiger partial charge >= 0.3 is 0 Å². The van der Waals surface area contributed by atoms with Gasteiger partial charge in [-0.2, -0.15) is 11.8 Å². The van der Waals surface area contributed by atoms with Gasteiger partial charge in [-0.3, -0.25) is 0 Å². The maximum absolute atomic E-state index is 9.04. The lowest BCUT2D eigenvalue weighted by Gasteiger charge is -2.33. The van der Waals surface area contributed by atoms with E-state index in [2.05, 4.69) is 19.2 Å².